The predicted molar refractivity (Wildman–Crippen MR) is 125 cm³/mol. The van der Waals surface area contributed by atoms with Gasteiger partial charge in [0.15, 0.2) is 5.96 Å². The molecule has 6 heteroatoms. The van der Waals surface area contributed by atoms with Gasteiger partial charge in [-0.3, -0.25) is 14.9 Å². The van der Waals surface area contributed by atoms with E-state index in [0.29, 0.717) is 18.5 Å². The van der Waals surface area contributed by atoms with Crippen molar-refractivity contribution in [1.82, 2.24) is 15.2 Å². The maximum absolute atomic E-state index is 6.06. The molecule has 0 saturated carbocycles. The van der Waals surface area contributed by atoms with Gasteiger partial charge in [0.2, 0.25) is 0 Å². The van der Waals surface area contributed by atoms with E-state index < -0.39 is 0 Å². The van der Waals surface area contributed by atoms with Crippen LogP contribution in [0.1, 0.15) is 25.1 Å². The lowest BCUT2D eigenvalue weighted by Crippen LogP contribution is -2.40. The molecular weight excluding hydrogens is 449 g/mol. The zero-order valence-corrected chi connectivity index (χ0v) is 18.7. The first-order valence-electron chi connectivity index (χ1n) is 9.44. The third kappa shape index (κ3) is 8.71. The maximum atomic E-state index is 6.06. The molecule has 0 bridgehead atoms. The standard InChI is InChI=1S/C21H31N5.HI/c1-3-26(4-2)20(16-18-10-6-5-7-11-18)17-25-21(22)24-15-13-19-12-8-9-14-23-19;/h5-12,14,20H,3-4,13,15-17H2,1-2H3,(H3,22,24,25);1H. The van der Waals surface area contributed by atoms with Crippen molar-refractivity contribution in [3.63, 3.8) is 0 Å². The van der Waals surface area contributed by atoms with Crippen LogP contribution in [0.4, 0.5) is 0 Å². The van der Waals surface area contributed by atoms with Gasteiger partial charge in [-0.2, -0.15) is 0 Å². The number of likely N-dealkylation sites (N-methyl/N-ethyl adjacent to an activating group) is 1. The van der Waals surface area contributed by atoms with Gasteiger partial charge < -0.3 is 11.1 Å². The number of nitrogens with one attached hydrogen (secondary N) is 1. The summed E-state index contributed by atoms with van der Waals surface area (Å²) in [5.41, 5.74) is 8.45. The Kier molecular flexibility index (Phi) is 11.7. The van der Waals surface area contributed by atoms with Gasteiger partial charge in [0, 0.05) is 30.9 Å². The van der Waals surface area contributed by atoms with Gasteiger partial charge in [-0.05, 0) is 37.2 Å². The summed E-state index contributed by atoms with van der Waals surface area (Å²) in [7, 11) is 0. The molecule has 3 N–H and O–H groups in total. The molecule has 0 saturated heterocycles. The smallest absolute Gasteiger partial charge is 0.188 e. The number of aromatic nitrogens is 1. The molecular formula is C21H32IN5. The molecule has 2 aromatic rings. The molecule has 1 aromatic heterocycles. The fraction of sp³-hybridized carbons (Fsp3) is 0.429. The van der Waals surface area contributed by atoms with Crippen LogP contribution in [0.2, 0.25) is 0 Å². The summed E-state index contributed by atoms with van der Waals surface area (Å²) in [6.45, 7) is 7.84. The highest BCUT2D eigenvalue weighted by Crippen LogP contribution is 2.09. The quantitative estimate of drug-likeness (QED) is 0.311. The van der Waals surface area contributed by atoms with Crippen molar-refractivity contribution in [3.05, 3.63) is 66.0 Å². The number of pyridine rings is 1. The first-order chi connectivity index (χ1) is 12.7. The Bertz CT molecular complexity index is 644. The number of halogens is 1. The van der Waals surface area contributed by atoms with Crippen LogP contribution in [-0.2, 0) is 12.8 Å². The van der Waals surface area contributed by atoms with Crippen LogP contribution in [0, 0.1) is 0 Å². The zero-order valence-electron chi connectivity index (χ0n) is 16.3. The molecule has 0 aliphatic heterocycles. The summed E-state index contributed by atoms with van der Waals surface area (Å²) in [5, 5.41) is 3.19. The van der Waals surface area contributed by atoms with E-state index in [1.807, 2.05) is 24.4 Å². The molecule has 0 amide bonds. The van der Waals surface area contributed by atoms with Crippen LogP contribution in [0.15, 0.2) is 59.7 Å². The van der Waals surface area contributed by atoms with Crippen LogP contribution in [0.5, 0.6) is 0 Å². The van der Waals surface area contributed by atoms with Crippen molar-refractivity contribution < 1.29 is 0 Å². The number of hydrogen-bond donors (Lipinski definition) is 2. The van der Waals surface area contributed by atoms with Crippen LogP contribution < -0.4 is 11.1 Å². The number of hydrogen-bond acceptors (Lipinski definition) is 3. The SMILES string of the molecule is CCN(CC)C(CN=C(N)NCCc1ccccn1)Cc1ccccc1.I. The Morgan fingerprint density at radius 1 is 1.11 bits per heavy atom. The number of nitrogens with zero attached hydrogens (tertiary/aromatic N) is 3. The first-order valence-corrected chi connectivity index (χ1v) is 9.44. The Labute approximate surface area is 180 Å². The third-order valence-electron chi connectivity index (χ3n) is 4.53. The van der Waals surface area contributed by atoms with E-state index in [1.165, 1.54) is 5.56 Å². The predicted octanol–water partition coefficient (Wildman–Crippen LogP) is 3.10. The number of benzene rings is 1. The van der Waals surface area contributed by atoms with Crippen LogP contribution in [-0.4, -0.2) is 48.1 Å². The van der Waals surface area contributed by atoms with Crippen molar-refractivity contribution in [1.29, 1.82) is 0 Å². The van der Waals surface area contributed by atoms with Gasteiger partial charge in [-0.25, -0.2) is 0 Å². The largest absolute Gasteiger partial charge is 0.370 e. The molecule has 1 heterocycles. The van der Waals surface area contributed by atoms with Crippen LogP contribution >= 0.6 is 24.0 Å². The molecule has 1 aromatic carbocycles. The second-order valence-corrected chi connectivity index (χ2v) is 6.29. The Hall–Kier alpha value is -1.67. The summed E-state index contributed by atoms with van der Waals surface area (Å²) in [5.74, 6) is 0.506. The lowest BCUT2D eigenvalue weighted by atomic mass is 10.0. The Morgan fingerprint density at radius 2 is 1.81 bits per heavy atom. The van der Waals surface area contributed by atoms with E-state index in [1.54, 1.807) is 0 Å². The molecule has 0 fully saturated rings. The first kappa shape index (κ1) is 23.4. The summed E-state index contributed by atoms with van der Waals surface area (Å²) in [6, 6.07) is 16.9. The van der Waals surface area contributed by atoms with E-state index in [2.05, 4.69) is 64.4 Å². The molecule has 0 aliphatic rings. The van der Waals surface area contributed by atoms with Crippen LogP contribution in [0.25, 0.3) is 0 Å². The number of aliphatic imine (C=N–C) groups is 1. The van der Waals surface area contributed by atoms with Crippen molar-refractivity contribution in [2.45, 2.75) is 32.7 Å². The average molecular weight is 481 g/mol. The maximum Gasteiger partial charge on any atom is 0.188 e. The lowest BCUT2D eigenvalue weighted by Gasteiger charge is -2.28. The minimum Gasteiger partial charge on any atom is -0.370 e. The normalized spacial score (nSPS) is 12.5. The van der Waals surface area contributed by atoms with Crippen molar-refractivity contribution >= 4 is 29.9 Å². The summed E-state index contributed by atoms with van der Waals surface area (Å²) in [4.78, 5) is 11.3. The van der Waals surface area contributed by atoms with Gasteiger partial charge in [-0.15, -0.1) is 24.0 Å². The second-order valence-electron chi connectivity index (χ2n) is 6.29. The van der Waals surface area contributed by atoms with E-state index in [9.17, 15) is 0 Å². The summed E-state index contributed by atoms with van der Waals surface area (Å²) in [6.07, 6.45) is 3.62. The third-order valence-corrected chi connectivity index (χ3v) is 4.53. The molecule has 0 aliphatic carbocycles. The van der Waals surface area contributed by atoms with Crippen molar-refractivity contribution in [2.24, 2.45) is 10.7 Å². The lowest BCUT2D eigenvalue weighted by molar-refractivity contribution is 0.220. The highest BCUT2D eigenvalue weighted by atomic mass is 127. The van der Waals surface area contributed by atoms with E-state index in [0.717, 1.165) is 38.2 Å². The fourth-order valence-electron chi connectivity index (χ4n) is 3.06. The fourth-order valence-corrected chi connectivity index (χ4v) is 3.06. The number of rotatable bonds is 10. The molecule has 0 spiro atoms. The Morgan fingerprint density at radius 3 is 2.44 bits per heavy atom. The molecule has 0 radical (unpaired) electrons. The Balaban J connectivity index is 0.00000364. The highest BCUT2D eigenvalue weighted by molar-refractivity contribution is 14.0. The van der Waals surface area contributed by atoms with Gasteiger partial charge in [-0.1, -0.05) is 50.2 Å². The highest BCUT2D eigenvalue weighted by Gasteiger charge is 2.16. The zero-order chi connectivity index (χ0) is 18.6. The second kappa shape index (κ2) is 13.5. The molecule has 1 unspecified atom stereocenters. The van der Waals surface area contributed by atoms with Crippen molar-refractivity contribution in [2.75, 3.05) is 26.2 Å². The molecule has 148 valence electrons. The van der Waals surface area contributed by atoms with E-state index in [4.69, 9.17) is 5.73 Å². The summed E-state index contributed by atoms with van der Waals surface area (Å²) < 4.78 is 0. The van der Waals surface area contributed by atoms with Gasteiger partial charge in [0.25, 0.3) is 0 Å². The number of nitrogens with two attached hydrogens (primary N) is 1. The molecule has 1 atom stereocenters. The summed E-state index contributed by atoms with van der Waals surface area (Å²) >= 11 is 0. The van der Waals surface area contributed by atoms with Gasteiger partial charge in [0.05, 0.1) is 6.54 Å². The van der Waals surface area contributed by atoms with Gasteiger partial charge in [0.1, 0.15) is 0 Å². The van der Waals surface area contributed by atoms with Crippen LogP contribution in [0.3, 0.4) is 0 Å². The number of guanidine groups is 1. The topological polar surface area (TPSA) is 66.5 Å². The minimum absolute atomic E-state index is 0. The molecule has 2 rings (SSSR count). The molecule has 5 nitrogen and oxygen atoms in total. The van der Waals surface area contributed by atoms with Gasteiger partial charge >= 0.3 is 0 Å². The monoisotopic (exact) mass is 481 g/mol. The minimum atomic E-state index is 0. The average Bonchev–Trinajstić information content (AvgIpc) is 2.68. The van der Waals surface area contributed by atoms with E-state index >= 15 is 0 Å². The van der Waals surface area contributed by atoms with E-state index in [-0.39, 0.29) is 24.0 Å². The molecule has 27 heavy (non-hydrogen) atoms. The van der Waals surface area contributed by atoms with Crippen molar-refractivity contribution in [3.8, 4) is 0 Å².